The predicted molar refractivity (Wildman–Crippen MR) is 82.0 cm³/mol. The summed E-state index contributed by atoms with van der Waals surface area (Å²) < 4.78 is 1.96. The van der Waals surface area contributed by atoms with Crippen LogP contribution in [0, 0.1) is 0 Å². The molecule has 2 atom stereocenters. The van der Waals surface area contributed by atoms with Crippen molar-refractivity contribution in [3.8, 4) is 0 Å². The Bertz CT molecular complexity index is 793. The molecule has 0 radical (unpaired) electrons. The molecule has 2 heterocycles. The van der Waals surface area contributed by atoms with E-state index < -0.39 is 0 Å². The van der Waals surface area contributed by atoms with Gasteiger partial charge in [-0.15, -0.1) is 5.10 Å². The van der Waals surface area contributed by atoms with E-state index in [0.717, 1.165) is 11.0 Å². The van der Waals surface area contributed by atoms with Crippen molar-refractivity contribution in [3.05, 3.63) is 60.2 Å². The standard InChI is InChI=1S/C16H15N5/c1-20-16(12-7-3-2-4-8-12)15(11-17-20)21-14-10-6-5-9-13(14)18-19-21/h2-11,15-16H,1H3. The molecular formula is C16H15N5. The summed E-state index contributed by atoms with van der Waals surface area (Å²) in [4.78, 5) is 0. The lowest BCUT2D eigenvalue weighted by Crippen LogP contribution is -2.24. The van der Waals surface area contributed by atoms with Crippen LogP contribution >= 0.6 is 0 Å². The summed E-state index contributed by atoms with van der Waals surface area (Å²) in [7, 11) is 1.99. The molecule has 21 heavy (non-hydrogen) atoms. The average Bonchev–Trinajstić information content (AvgIpc) is 3.11. The Morgan fingerprint density at radius 1 is 0.952 bits per heavy atom. The Hall–Kier alpha value is -2.69. The summed E-state index contributed by atoms with van der Waals surface area (Å²) in [6, 6.07) is 18.6. The molecule has 4 rings (SSSR count). The van der Waals surface area contributed by atoms with Gasteiger partial charge in [0.2, 0.25) is 0 Å². The van der Waals surface area contributed by atoms with E-state index in [1.54, 1.807) is 0 Å². The Labute approximate surface area is 122 Å². The average molecular weight is 277 g/mol. The molecule has 0 spiro atoms. The van der Waals surface area contributed by atoms with Crippen molar-refractivity contribution in [2.75, 3.05) is 7.05 Å². The number of hydrazone groups is 1. The first-order valence-electron chi connectivity index (χ1n) is 6.96. The monoisotopic (exact) mass is 277 g/mol. The zero-order valence-corrected chi connectivity index (χ0v) is 11.7. The van der Waals surface area contributed by atoms with Crippen LogP contribution in [0.2, 0.25) is 0 Å². The third-order valence-corrected chi connectivity index (χ3v) is 3.93. The fraction of sp³-hybridized carbons (Fsp3) is 0.188. The molecule has 104 valence electrons. The minimum Gasteiger partial charge on any atom is -0.290 e. The molecule has 5 heteroatoms. The summed E-state index contributed by atoms with van der Waals surface area (Å²) in [6.45, 7) is 0. The van der Waals surface area contributed by atoms with Crippen LogP contribution in [0.3, 0.4) is 0 Å². The van der Waals surface area contributed by atoms with Gasteiger partial charge in [0.1, 0.15) is 11.6 Å². The number of likely N-dealkylation sites (N-methyl/N-ethyl adjacent to an activating group) is 1. The summed E-state index contributed by atoms with van der Waals surface area (Å²) >= 11 is 0. The molecule has 3 aromatic rings. The summed E-state index contributed by atoms with van der Waals surface area (Å²) in [5, 5.41) is 15.0. The van der Waals surface area contributed by atoms with Crippen molar-refractivity contribution >= 4 is 17.2 Å². The van der Waals surface area contributed by atoms with E-state index in [-0.39, 0.29) is 12.1 Å². The molecule has 0 N–H and O–H groups in total. The molecule has 0 saturated heterocycles. The number of benzene rings is 2. The lowest BCUT2D eigenvalue weighted by molar-refractivity contribution is 0.244. The van der Waals surface area contributed by atoms with Gasteiger partial charge in [-0.2, -0.15) is 5.10 Å². The maximum Gasteiger partial charge on any atom is 0.117 e. The second-order valence-electron chi connectivity index (χ2n) is 5.21. The highest BCUT2D eigenvalue weighted by Gasteiger charge is 2.33. The highest BCUT2D eigenvalue weighted by molar-refractivity contribution is 5.77. The fourth-order valence-corrected chi connectivity index (χ4v) is 2.92. The second kappa shape index (κ2) is 4.70. The largest absolute Gasteiger partial charge is 0.290 e. The summed E-state index contributed by atoms with van der Waals surface area (Å²) in [5.74, 6) is 0. The van der Waals surface area contributed by atoms with Gasteiger partial charge in [0.15, 0.2) is 0 Å². The van der Waals surface area contributed by atoms with E-state index in [9.17, 15) is 0 Å². The zero-order chi connectivity index (χ0) is 14.2. The number of rotatable bonds is 2. The van der Waals surface area contributed by atoms with Crippen molar-refractivity contribution in [2.45, 2.75) is 12.1 Å². The summed E-state index contributed by atoms with van der Waals surface area (Å²) in [6.07, 6.45) is 1.94. The van der Waals surface area contributed by atoms with E-state index in [2.05, 4.69) is 39.7 Å². The Morgan fingerprint density at radius 3 is 2.57 bits per heavy atom. The van der Waals surface area contributed by atoms with E-state index in [0.29, 0.717) is 0 Å². The normalized spacial score (nSPS) is 21.3. The minimum absolute atomic E-state index is 0.0461. The predicted octanol–water partition coefficient (Wildman–Crippen LogP) is 2.64. The van der Waals surface area contributed by atoms with Crippen LogP contribution in [0.25, 0.3) is 11.0 Å². The lowest BCUT2D eigenvalue weighted by atomic mass is 10.0. The molecule has 1 aromatic heterocycles. The molecule has 1 aliphatic heterocycles. The number of aromatic nitrogens is 3. The highest BCUT2D eigenvalue weighted by atomic mass is 15.5. The van der Waals surface area contributed by atoms with Gasteiger partial charge in [-0.1, -0.05) is 47.7 Å². The topological polar surface area (TPSA) is 46.3 Å². The third-order valence-electron chi connectivity index (χ3n) is 3.93. The van der Waals surface area contributed by atoms with Crippen LogP contribution in [0.4, 0.5) is 0 Å². The second-order valence-corrected chi connectivity index (χ2v) is 5.21. The molecule has 0 aliphatic carbocycles. The number of fused-ring (bicyclic) bond motifs is 1. The van der Waals surface area contributed by atoms with Gasteiger partial charge >= 0.3 is 0 Å². The molecule has 2 aromatic carbocycles. The number of para-hydroxylation sites is 1. The SMILES string of the molecule is CN1N=CC(n2nnc3ccccc32)C1c1ccccc1. The van der Waals surface area contributed by atoms with Gasteiger partial charge in [-0.3, -0.25) is 5.01 Å². The maximum absolute atomic E-state index is 4.46. The summed E-state index contributed by atoms with van der Waals surface area (Å²) in [5.41, 5.74) is 3.17. The van der Waals surface area contributed by atoms with Crippen LogP contribution in [0.5, 0.6) is 0 Å². The van der Waals surface area contributed by atoms with Crippen LogP contribution < -0.4 is 0 Å². The molecule has 0 fully saturated rings. The van der Waals surface area contributed by atoms with Crippen molar-refractivity contribution in [1.29, 1.82) is 0 Å². The minimum atomic E-state index is 0.0461. The molecule has 2 unspecified atom stereocenters. The first kappa shape index (κ1) is 12.1. The third kappa shape index (κ3) is 1.89. The van der Waals surface area contributed by atoms with Crippen molar-refractivity contribution in [3.63, 3.8) is 0 Å². The quantitative estimate of drug-likeness (QED) is 0.723. The van der Waals surface area contributed by atoms with Gasteiger partial charge < -0.3 is 0 Å². The van der Waals surface area contributed by atoms with Crippen LogP contribution in [-0.4, -0.2) is 33.3 Å². The van der Waals surface area contributed by atoms with Gasteiger partial charge in [0.05, 0.1) is 17.8 Å². The molecule has 1 aliphatic rings. The van der Waals surface area contributed by atoms with Crippen LogP contribution in [0.15, 0.2) is 59.7 Å². The van der Waals surface area contributed by atoms with Gasteiger partial charge in [-0.05, 0) is 17.7 Å². The molecule has 5 nitrogen and oxygen atoms in total. The van der Waals surface area contributed by atoms with E-state index in [4.69, 9.17) is 0 Å². The Kier molecular flexibility index (Phi) is 2.70. The molecule has 0 saturated carbocycles. The number of hydrogen-bond donors (Lipinski definition) is 0. The van der Waals surface area contributed by atoms with E-state index in [1.165, 1.54) is 5.56 Å². The van der Waals surface area contributed by atoms with Gasteiger partial charge in [0, 0.05) is 7.05 Å². The van der Waals surface area contributed by atoms with Gasteiger partial charge in [-0.25, -0.2) is 4.68 Å². The van der Waals surface area contributed by atoms with Crippen molar-refractivity contribution in [2.24, 2.45) is 5.10 Å². The Balaban J connectivity index is 1.82. The van der Waals surface area contributed by atoms with Crippen LogP contribution in [-0.2, 0) is 0 Å². The molecule has 0 bridgehead atoms. The fourth-order valence-electron chi connectivity index (χ4n) is 2.92. The first-order valence-corrected chi connectivity index (χ1v) is 6.96. The van der Waals surface area contributed by atoms with Gasteiger partial charge in [0.25, 0.3) is 0 Å². The number of hydrogen-bond acceptors (Lipinski definition) is 4. The van der Waals surface area contributed by atoms with E-state index >= 15 is 0 Å². The zero-order valence-electron chi connectivity index (χ0n) is 11.7. The number of nitrogens with zero attached hydrogens (tertiary/aromatic N) is 5. The maximum atomic E-state index is 4.46. The van der Waals surface area contributed by atoms with Crippen molar-refractivity contribution in [1.82, 2.24) is 20.0 Å². The first-order chi connectivity index (χ1) is 10.3. The lowest BCUT2D eigenvalue weighted by Gasteiger charge is -2.25. The molecule has 0 amide bonds. The Morgan fingerprint density at radius 2 is 1.71 bits per heavy atom. The highest BCUT2D eigenvalue weighted by Crippen LogP contribution is 2.35. The molecular weight excluding hydrogens is 262 g/mol. The smallest absolute Gasteiger partial charge is 0.117 e. The van der Waals surface area contributed by atoms with Crippen LogP contribution in [0.1, 0.15) is 17.6 Å². The van der Waals surface area contributed by atoms with Crippen molar-refractivity contribution < 1.29 is 0 Å². The van der Waals surface area contributed by atoms with E-state index in [1.807, 2.05) is 53.3 Å².